The van der Waals surface area contributed by atoms with Crippen LogP contribution in [0.1, 0.15) is 50.0 Å². The van der Waals surface area contributed by atoms with Gasteiger partial charge in [0, 0.05) is 7.11 Å². The molecule has 212 valence electrons. The summed E-state index contributed by atoms with van der Waals surface area (Å²) in [6.07, 6.45) is 5.02. The van der Waals surface area contributed by atoms with Gasteiger partial charge in [0.05, 0.1) is 19.3 Å². The molecule has 1 fully saturated rings. The van der Waals surface area contributed by atoms with E-state index in [4.69, 9.17) is 23.7 Å². The molecule has 8 nitrogen and oxygen atoms in total. The van der Waals surface area contributed by atoms with Crippen LogP contribution in [0, 0.1) is 5.92 Å². The lowest BCUT2D eigenvalue weighted by molar-refractivity contribution is -0.152. The fourth-order valence-electron chi connectivity index (χ4n) is 4.35. The SMILES string of the molecule is COCOc1cc(-c2ccccc2)cc(/C=C/C[C@@H]2OC(C)(C)O[C@@H]2C(O)/C=C\C(C)[C@H](C)O)c1C(=O)OC. The average molecular weight is 541 g/mol. The number of hydrogen-bond acceptors (Lipinski definition) is 8. The molecule has 1 saturated heterocycles. The van der Waals surface area contributed by atoms with Crippen molar-refractivity contribution in [1.29, 1.82) is 0 Å². The van der Waals surface area contributed by atoms with E-state index in [0.29, 0.717) is 17.7 Å². The molecular weight excluding hydrogens is 500 g/mol. The fraction of sp³-hybridized carbons (Fsp3) is 0.452. The highest BCUT2D eigenvalue weighted by molar-refractivity contribution is 5.98. The summed E-state index contributed by atoms with van der Waals surface area (Å²) in [4.78, 5) is 12.8. The molecular formula is C31H40O8. The Morgan fingerprint density at radius 3 is 2.41 bits per heavy atom. The lowest BCUT2D eigenvalue weighted by Crippen LogP contribution is -2.34. The molecule has 1 aliphatic heterocycles. The third-order valence-corrected chi connectivity index (χ3v) is 6.56. The van der Waals surface area contributed by atoms with E-state index in [-0.39, 0.29) is 18.3 Å². The maximum absolute atomic E-state index is 12.8. The number of carbonyl (C=O) groups excluding carboxylic acids is 1. The van der Waals surface area contributed by atoms with Crippen LogP contribution in [0.25, 0.3) is 17.2 Å². The van der Waals surface area contributed by atoms with E-state index in [1.54, 1.807) is 39.0 Å². The molecule has 5 atom stereocenters. The van der Waals surface area contributed by atoms with Crippen LogP contribution in [0.15, 0.2) is 60.7 Å². The maximum Gasteiger partial charge on any atom is 0.342 e. The van der Waals surface area contributed by atoms with Crippen molar-refractivity contribution < 1.29 is 38.7 Å². The van der Waals surface area contributed by atoms with Gasteiger partial charge in [-0.3, -0.25) is 0 Å². The van der Waals surface area contributed by atoms with Crippen LogP contribution in [-0.4, -0.2) is 67.4 Å². The third-order valence-electron chi connectivity index (χ3n) is 6.56. The quantitative estimate of drug-likeness (QED) is 0.221. The molecule has 0 aliphatic carbocycles. The molecule has 0 saturated carbocycles. The Hall–Kier alpha value is -3.01. The van der Waals surface area contributed by atoms with Crippen molar-refractivity contribution in [2.75, 3.05) is 21.0 Å². The lowest BCUT2D eigenvalue weighted by atomic mass is 9.96. The van der Waals surface area contributed by atoms with Crippen LogP contribution in [0.3, 0.4) is 0 Å². The summed E-state index contributed by atoms with van der Waals surface area (Å²) in [5.41, 5.74) is 2.71. The molecule has 39 heavy (non-hydrogen) atoms. The molecule has 2 aromatic rings. The Kier molecular flexibility index (Phi) is 10.9. The first-order valence-corrected chi connectivity index (χ1v) is 13.1. The van der Waals surface area contributed by atoms with Crippen LogP contribution in [0.2, 0.25) is 0 Å². The predicted octanol–water partition coefficient (Wildman–Crippen LogP) is 4.98. The van der Waals surface area contributed by atoms with Gasteiger partial charge in [-0.1, -0.05) is 61.6 Å². The topological polar surface area (TPSA) is 104 Å². The lowest BCUT2D eigenvalue weighted by Gasteiger charge is -2.20. The predicted molar refractivity (Wildman–Crippen MR) is 149 cm³/mol. The smallest absolute Gasteiger partial charge is 0.342 e. The van der Waals surface area contributed by atoms with Crippen molar-refractivity contribution in [2.45, 2.75) is 64.3 Å². The Morgan fingerprint density at radius 1 is 1.05 bits per heavy atom. The van der Waals surface area contributed by atoms with Crippen molar-refractivity contribution in [3.8, 4) is 16.9 Å². The molecule has 0 amide bonds. The summed E-state index contributed by atoms with van der Waals surface area (Å²) < 4.78 is 28.0. The van der Waals surface area contributed by atoms with Gasteiger partial charge >= 0.3 is 5.97 Å². The summed E-state index contributed by atoms with van der Waals surface area (Å²) in [5.74, 6) is -1.18. The molecule has 2 aromatic carbocycles. The summed E-state index contributed by atoms with van der Waals surface area (Å²) in [5, 5.41) is 20.6. The zero-order chi connectivity index (χ0) is 28.6. The number of carbonyl (C=O) groups is 1. The number of methoxy groups -OCH3 is 2. The number of aliphatic hydroxyl groups excluding tert-OH is 2. The Balaban J connectivity index is 1.92. The fourth-order valence-corrected chi connectivity index (χ4v) is 4.35. The van der Waals surface area contributed by atoms with Gasteiger partial charge in [-0.2, -0.15) is 0 Å². The van der Waals surface area contributed by atoms with Crippen molar-refractivity contribution in [3.05, 3.63) is 71.8 Å². The second-order valence-corrected chi connectivity index (χ2v) is 10.1. The standard InChI is InChI=1S/C31H40O8/c1-20(21(2)32)15-16-25(33)29-26(38-31(3,4)39-29)14-10-13-23-17-24(22-11-8-7-9-12-22)18-27(37-19-35-5)28(23)30(34)36-6/h7-13,15-18,20-21,25-26,29,32-33H,14,19H2,1-6H3/b13-10+,16-15-/t20?,21-,25?,26-,29+/m0/s1. The highest BCUT2D eigenvalue weighted by Crippen LogP contribution is 2.35. The number of ether oxygens (including phenoxy) is 5. The van der Waals surface area contributed by atoms with Crippen molar-refractivity contribution in [3.63, 3.8) is 0 Å². The minimum atomic E-state index is -0.924. The number of benzene rings is 2. The van der Waals surface area contributed by atoms with Crippen LogP contribution in [0.5, 0.6) is 5.75 Å². The number of hydrogen-bond donors (Lipinski definition) is 2. The van der Waals surface area contributed by atoms with E-state index in [9.17, 15) is 15.0 Å². The van der Waals surface area contributed by atoms with Crippen LogP contribution in [-0.2, 0) is 18.9 Å². The Morgan fingerprint density at radius 2 is 1.77 bits per heavy atom. The molecule has 3 rings (SSSR count). The van der Waals surface area contributed by atoms with Gasteiger partial charge < -0.3 is 33.9 Å². The molecule has 0 spiro atoms. The first-order chi connectivity index (χ1) is 18.6. The van der Waals surface area contributed by atoms with Gasteiger partial charge in [0.1, 0.15) is 23.5 Å². The van der Waals surface area contributed by atoms with Crippen LogP contribution in [0.4, 0.5) is 0 Å². The molecule has 2 N–H and O–H groups in total. The van der Waals surface area contributed by atoms with Gasteiger partial charge in [-0.15, -0.1) is 0 Å². The zero-order valence-electron chi connectivity index (χ0n) is 23.5. The Labute approximate surface area is 230 Å². The summed E-state index contributed by atoms with van der Waals surface area (Å²) in [6, 6.07) is 13.5. The summed E-state index contributed by atoms with van der Waals surface area (Å²) in [6.45, 7) is 7.15. The van der Waals surface area contributed by atoms with E-state index in [1.807, 2.05) is 55.5 Å². The van der Waals surface area contributed by atoms with E-state index < -0.39 is 36.2 Å². The minimum Gasteiger partial charge on any atom is -0.467 e. The molecule has 8 heteroatoms. The maximum atomic E-state index is 12.8. The molecule has 2 unspecified atom stereocenters. The first-order valence-electron chi connectivity index (χ1n) is 13.1. The number of aliphatic hydroxyl groups is 2. The van der Waals surface area contributed by atoms with Crippen molar-refractivity contribution in [2.24, 2.45) is 5.92 Å². The van der Waals surface area contributed by atoms with Gasteiger partial charge in [0.2, 0.25) is 0 Å². The molecule has 1 heterocycles. The van der Waals surface area contributed by atoms with Crippen molar-refractivity contribution >= 4 is 12.0 Å². The minimum absolute atomic E-state index is 0.0332. The van der Waals surface area contributed by atoms with Crippen molar-refractivity contribution in [1.82, 2.24) is 0 Å². The van der Waals surface area contributed by atoms with E-state index in [2.05, 4.69) is 0 Å². The van der Waals surface area contributed by atoms with E-state index >= 15 is 0 Å². The zero-order valence-corrected chi connectivity index (χ0v) is 23.5. The Bertz CT molecular complexity index is 1140. The normalized spacial score (nSPS) is 21.2. The number of rotatable bonds is 12. The highest BCUT2D eigenvalue weighted by Gasteiger charge is 2.43. The molecule has 0 radical (unpaired) electrons. The van der Waals surface area contributed by atoms with Gasteiger partial charge in [0.25, 0.3) is 0 Å². The van der Waals surface area contributed by atoms with Gasteiger partial charge in [0.15, 0.2) is 12.6 Å². The van der Waals surface area contributed by atoms with Crippen LogP contribution >= 0.6 is 0 Å². The van der Waals surface area contributed by atoms with E-state index in [1.165, 1.54) is 14.2 Å². The second kappa shape index (κ2) is 13.9. The second-order valence-electron chi connectivity index (χ2n) is 10.1. The molecule has 1 aliphatic rings. The summed E-state index contributed by atoms with van der Waals surface area (Å²) >= 11 is 0. The summed E-state index contributed by atoms with van der Waals surface area (Å²) in [7, 11) is 2.83. The molecule has 0 aromatic heterocycles. The average Bonchev–Trinajstić information content (AvgIpc) is 3.24. The first kappa shape index (κ1) is 30.5. The van der Waals surface area contributed by atoms with Crippen LogP contribution < -0.4 is 4.74 Å². The van der Waals surface area contributed by atoms with Gasteiger partial charge in [-0.25, -0.2) is 4.79 Å². The monoisotopic (exact) mass is 540 g/mol. The van der Waals surface area contributed by atoms with Gasteiger partial charge in [-0.05, 0) is 61.9 Å². The number of esters is 1. The largest absolute Gasteiger partial charge is 0.467 e. The van der Waals surface area contributed by atoms with E-state index in [0.717, 1.165) is 11.1 Å². The molecule has 0 bridgehead atoms. The third kappa shape index (κ3) is 8.24. The highest BCUT2D eigenvalue weighted by atomic mass is 16.8.